The predicted octanol–water partition coefficient (Wildman–Crippen LogP) is 1.04. The van der Waals surface area contributed by atoms with Crippen molar-refractivity contribution in [1.82, 2.24) is 10.9 Å². The molecule has 0 bridgehead atoms. The fraction of sp³-hybridized carbons (Fsp3) is 0.500. The average Bonchev–Trinajstić information content (AvgIpc) is 2.78. The first-order valence-electron chi connectivity index (χ1n) is 6.65. The second-order valence-electron chi connectivity index (χ2n) is 5.16. The maximum Gasteiger partial charge on any atom is 0.306 e. The summed E-state index contributed by atoms with van der Waals surface area (Å²) >= 11 is 0. The summed E-state index contributed by atoms with van der Waals surface area (Å²) in [6.07, 6.45) is -0.931. The van der Waals surface area contributed by atoms with E-state index in [1.165, 1.54) is 13.2 Å². The van der Waals surface area contributed by atoms with E-state index < -0.39 is 29.7 Å². The largest absolute Gasteiger partial charge is 0.469 e. The molecule has 0 radical (unpaired) electrons. The van der Waals surface area contributed by atoms with E-state index in [1.807, 2.05) is 6.92 Å². The average molecular weight is 300 g/mol. The summed E-state index contributed by atoms with van der Waals surface area (Å²) in [7, 11) is 1.26. The highest BCUT2D eigenvalue weighted by molar-refractivity contribution is 5.70. The zero-order chi connectivity index (χ0) is 15.6. The number of rotatable bonds is 4. The van der Waals surface area contributed by atoms with E-state index in [0.717, 1.165) is 12.1 Å². The number of carbonyl (C=O) groups is 1. The van der Waals surface area contributed by atoms with Crippen LogP contribution >= 0.6 is 0 Å². The lowest BCUT2D eigenvalue weighted by Gasteiger charge is -2.27. The Morgan fingerprint density at radius 2 is 2.10 bits per heavy atom. The molecule has 0 aromatic heterocycles. The van der Waals surface area contributed by atoms with Crippen LogP contribution in [0.4, 0.5) is 8.78 Å². The number of ether oxygens (including phenoxy) is 1. The maximum atomic E-state index is 13.5. The Labute approximate surface area is 121 Å². The monoisotopic (exact) mass is 300 g/mol. The molecule has 4 atom stereocenters. The third-order valence-corrected chi connectivity index (χ3v) is 3.85. The summed E-state index contributed by atoms with van der Waals surface area (Å²) in [6.45, 7) is 1.83. The van der Waals surface area contributed by atoms with Crippen LogP contribution < -0.4 is 10.9 Å². The quantitative estimate of drug-likeness (QED) is 0.725. The Morgan fingerprint density at radius 3 is 2.62 bits per heavy atom. The van der Waals surface area contributed by atoms with E-state index in [2.05, 4.69) is 15.6 Å². The Hall–Kier alpha value is -1.57. The first kappa shape index (κ1) is 15.8. The normalized spacial score (nSPS) is 26.6. The minimum Gasteiger partial charge on any atom is -0.469 e. The van der Waals surface area contributed by atoms with E-state index in [-0.39, 0.29) is 18.4 Å². The molecule has 1 aromatic rings. The molecule has 0 amide bonds. The van der Waals surface area contributed by atoms with Gasteiger partial charge in [-0.15, -0.1) is 0 Å². The number of benzene rings is 1. The van der Waals surface area contributed by atoms with E-state index in [9.17, 15) is 18.7 Å². The number of carbonyl (C=O) groups excluding carboxylic acids is 1. The van der Waals surface area contributed by atoms with Crippen LogP contribution in [0.15, 0.2) is 18.2 Å². The minimum absolute atomic E-state index is 0.0308. The van der Waals surface area contributed by atoms with Crippen molar-refractivity contribution in [3.63, 3.8) is 0 Å². The molecule has 0 spiro atoms. The van der Waals surface area contributed by atoms with Crippen molar-refractivity contribution < 1.29 is 23.4 Å². The fourth-order valence-electron chi connectivity index (χ4n) is 2.73. The zero-order valence-corrected chi connectivity index (χ0v) is 11.8. The zero-order valence-electron chi connectivity index (χ0n) is 11.8. The number of halogens is 2. The van der Waals surface area contributed by atoms with Gasteiger partial charge in [0.2, 0.25) is 0 Å². The summed E-state index contributed by atoms with van der Waals surface area (Å²) < 4.78 is 31.2. The molecule has 5 nitrogen and oxygen atoms in total. The van der Waals surface area contributed by atoms with Gasteiger partial charge in [0.25, 0.3) is 0 Å². The Bertz CT molecular complexity index is 517. The molecule has 1 heterocycles. The maximum absolute atomic E-state index is 13.5. The third kappa shape index (κ3) is 3.37. The second-order valence-corrected chi connectivity index (χ2v) is 5.16. The summed E-state index contributed by atoms with van der Waals surface area (Å²) in [5.74, 6) is -3.29. The SMILES string of the molecule is COC(=O)CC(c1ccc(F)c(F)c1)C1C(C)NNC1O. The summed E-state index contributed by atoms with van der Waals surface area (Å²) in [5.41, 5.74) is 5.98. The lowest BCUT2D eigenvalue weighted by Crippen LogP contribution is -2.33. The number of hydrogen-bond acceptors (Lipinski definition) is 5. The highest BCUT2D eigenvalue weighted by atomic mass is 19.2. The van der Waals surface area contributed by atoms with Crippen LogP contribution in [-0.4, -0.2) is 30.5 Å². The smallest absolute Gasteiger partial charge is 0.306 e. The van der Waals surface area contributed by atoms with Crippen LogP contribution in [-0.2, 0) is 9.53 Å². The van der Waals surface area contributed by atoms with Crippen molar-refractivity contribution in [3.05, 3.63) is 35.4 Å². The van der Waals surface area contributed by atoms with Crippen LogP contribution in [0.5, 0.6) is 0 Å². The van der Waals surface area contributed by atoms with Gasteiger partial charge >= 0.3 is 5.97 Å². The molecular weight excluding hydrogens is 282 g/mol. The number of esters is 1. The molecule has 2 rings (SSSR count). The molecule has 7 heteroatoms. The molecule has 1 aromatic carbocycles. The van der Waals surface area contributed by atoms with Gasteiger partial charge in [0.1, 0.15) is 6.23 Å². The van der Waals surface area contributed by atoms with Gasteiger partial charge in [-0.2, -0.15) is 0 Å². The lowest BCUT2D eigenvalue weighted by molar-refractivity contribution is -0.141. The Morgan fingerprint density at radius 1 is 1.38 bits per heavy atom. The molecule has 1 aliphatic rings. The van der Waals surface area contributed by atoms with Crippen LogP contribution in [0.25, 0.3) is 0 Å². The van der Waals surface area contributed by atoms with Crippen LogP contribution in [0.1, 0.15) is 24.8 Å². The third-order valence-electron chi connectivity index (χ3n) is 3.85. The molecule has 1 aliphatic heterocycles. The van der Waals surface area contributed by atoms with Crippen LogP contribution in [0.3, 0.4) is 0 Å². The molecule has 1 saturated heterocycles. The molecule has 3 N–H and O–H groups in total. The van der Waals surface area contributed by atoms with Crippen LogP contribution in [0.2, 0.25) is 0 Å². The molecule has 116 valence electrons. The van der Waals surface area contributed by atoms with E-state index in [0.29, 0.717) is 5.56 Å². The Balaban J connectivity index is 2.35. The summed E-state index contributed by atoms with van der Waals surface area (Å²) in [4.78, 5) is 11.6. The number of nitrogens with one attached hydrogen (secondary N) is 2. The van der Waals surface area contributed by atoms with Crippen molar-refractivity contribution in [1.29, 1.82) is 0 Å². The van der Waals surface area contributed by atoms with Gasteiger partial charge in [0.15, 0.2) is 11.6 Å². The molecule has 1 fully saturated rings. The highest BCUT2D eigenvalue weighted by Gasteiger charge is 2.39. The molecule has 4 unspecified atom stereocenters. The van der Waals surface area contributed by atoms with Gasteiger partial charge in [-0.1, -0.05) is 6.07 Å². The molecular formula is C14H18F2N2O3. The number of hydrazine groups is 1. The second kappa shape index (κ2) is 6.46. The number of methoxy groups -OCH3 is 1. The van der Waals surface area contributed by atoms with Crippen molar-refractivity contribution in [2.75, 3.05) is 7.11 Å². The van der Waals surface area contributed by atoms with Gasteiger partial charge in [-0.3, -0.25) is 10.2 Å². The van der Waals surface area contributed by atoms with Gasteiger partial charge in [-0.25, -0.2) is 14.2 Å². The first-order chi connectivity index (χ1) is 9.93. The summed E-state index contributed by atoms with van der Waals surface area (Å²) in [5, 5.41) is 10.0. The van der Waals surface area contributed by atoms with E-state index in [1.54, 1.807) is 0 Å². The van der Waals surface area contributed by atoms with Crippen molar-refractivity contribution in [2.24, 2.45) is 5.92 Å². The fourth-order valence-corrected chi connectivity index (χ4v) is 2.73. The predicted molar refractivity (Wildman–Crippen MR) is 71.0 cm³/mol. The lowest BCUT2D eigenvalue weighted by atomic mass is 9.79. The Kier molecular flexibility index (Phi) is 4.87. The van der Waals surface area contributed by atoms with Gasteiger partial charge < -0.3 is 9.84 Å². The van der Waals surface area contributed by atoms with E-state index >= 15 is 0 Å². The molecule has 21 heavy (non-hydrogen) atoms. The molecule has 0 aliphatic carbocycles. The summed E-state index contributed by atoms with van der Waals surface area (Å²) in [6, 6.07) is 3.34. The van der Waals surface area contributed by atoms with Crippen molar-refractivity contribution in [3.8, 4) is 0 Å². The van der Waals surface area contributed by atoms with Gasteiger partial charge in [0, 0.05) is 17.9 Å². The van der Waals surface area contributed by atoms with E-state index in [4.69, 9.17) is 0 Å². The standard InChI is InChI=1S/C14H18F2N2O3/c1-7-13(14(20)18-17-7)9(6-12(19)21-2)8-3-4-10(15)11(16)5-8/h3-5,7,9,13-14,17-18,20H,6H2,1-2H3. The molecule has 0 saturated carbocycles. The number of hydrogen-bond donors (Lipinski definition) is 3. The van der Waals surface area contributed by atoms with Gasteiger partial charge in [-0.05, 0) is 24.6 Å². The minimum atomic E-state index is -0.983. The van der Waals surface area contributed by atoms with Crippen LogP contribution in [0, 0.1) is 17.6 Å². The topological polar surface area (TPSA) is 70.6 Å². The highest BCUT2D eigenvalue weighted by Crippen LogP contribution is 2.35. The number of aliphatic hydroxyl groups is 1. The first-order valence-corrected chi connectivity index (χ1v) is 6.65. The number of aliphatic hydroxyl groups excluding tert-OH is 1. The van der Waals surface area contributed by atoms with Crippen molar-refractivity contribution >= 4 is 5.97 Å². The van der Waals surface area contributed by atoms with Crippen molar-refractivity contribution in [2.45, 2.75) is 31.5 Å². The van der Waals surface area contributed by atoms with Gasteiger partial charge in [0.05, 0.1) is 13.5 Å².